The van der Waals surface area contributed by atoms with Gasteiger partial charge in [0.05, 0.1) is 12.2 Å². The summed E-state index contributed by atoms with van der Waals surface area (Å²) in [7, 11) is 0. The van der Waals surface area contributed by atoms with Crippen LogP contribution in [0.1, 0.15) is 37.0 Å². The smallest absolute Gasteiger partial charge is 0.223 e. The Bertz CT molecular complexity index is 745. The molecule has 0 aromatic heterocycles. The van der Waals surface area contributed by atoms with Gasteiger partial charge in [-0.3, -0.25) is 9.59 Å². The highest BCUT2D eigenvalue weighted by Crippen LogP contribution is 2.18. The Hall–Kier alpha value is -2.20. The quantitative estimate of drug-likeness (QED) is 0.809. The van der Waals surface area contributed by atoms with E-state index in [9.17, 15) is 9.59 Å². The molecule has 1 fully saturated rings. The molecular formula is C20H23NO3. The van der Waals surface area contributed by atoms with Crippen LogP contribution in [0.2, 0.25) is 0 Å². The van der Waals surface area contributed by atoms with E-state index in [4.69, 9.17) is 4.74 Å². The van der Waals surface area contributed by atoms with E-state index in [2.05, 4.69) is 0 Å². The van der Waals surface area contributed by atoms with E-state index in [-0.39, 0.29) is 36.7 Å². The van der Waals surface area contributed by atoms with Crippen LogP contribution >= 0.6 is 0 Å². The lowest BCUT2D eigenvalue weighted by Gasteiger charge is -2.35. The fourth-order valence-electron chi connectivity index (χ4n) is 3.27. The van der Waals surface area contributed by atoms with E-state index in [0.717, 1.165) is 10.8 Å². The predicted molar refractivity (Wildman–Crippen MR) is 94.1 cm³/mol. The van der Waals surface area contributed by atoms with Crippen LogP contribution in [0.25, 0.3) is 10.8 Å². The minimum Gasteiger partial charge on any atom is -0.372 e. The van der Waals surface area contributed by atoms with Gasteiger partial charge in [-0.05, 0) is 30.7 Å². The van der Waals surface area contributed by atoms with Crippen LogP contribution in [0, 0.1) is 0 Å². The second-order valence-electron chi connectivity index (χ2n) is 6.54. The van der Waals surface area contributed by atoms with Crippen molar-refractivity contribution < 1.29 is 14.3 Å². The summed E-state index contributed by atoms with van der Waals surface area (Å²) in [6, 6.07) is 13.7. The number of amides is 1. The first-order valence-corrected chi connectivity index (χ1v) is 8.48. The highest BCUT2D eigenvalue weighted by Gasteiger charge is 2.25. The summed E-state index contributed by atoms with van der Waals surface area (Å²) in [6.07, 6.45) is 0.602. The molecule has 2 atom stereocenters. The van der Waals surface area contributed by atoms with E-state index in [0.29, 0.717) is 18.7 Å². The van der Waals surface area contributed by atoms with Crippen molar-refractivity contribution in [3.8, 4) is 0 Å². The Kier molecular flexibility index (Phi) is 4.95. The fraction of sp³-hybridized carbons (Fsp3) is 0.400. The molecule has 0 unspecified atom stereocenters. The van der Waals surface area contributed by atoms with Crippen LogP contribution in [-0.4, -0.2) is 41.9 Å². The molecule has 0 aliphatic carbocycles. The average Bonchev–Trinajstić information content (AvgIpc) is 2.58. The maximum absolute atomic E-state index is 12.4. The first-order valence-electron chi connectivity index (χ1n) is 8.48. The van der Waals surface area contributed by atoms with E-state index in [1.807, 2.05) is 61.2 Å². The van der Waals surface area contributed by atoms with Crippen LogP contribution in [-0.2, 0) is 9.53 Å². The summed E-state index contributed by atoms with van der Waals surface area (Å²) in [6.45, 7) is 5.15. The standard InChI is InChI=1S/C20H23NO3/c1-14-12-21(13-15(2)24-14)20(23)10-9-19(22)18-8-7-16-5-3-4-6-17(16)11-18/h3-8,11,14-15H,9-10,12-13H2,1-2H3/t14-,15-/m1/s1. The molecule has 1 saturated heterocycles. The van der Waals surface area contributed by atoms with Crippen LogP contribution in [0.5, 0.6) is 0 Å². The van der Waals surface area contributed by atoms with Crippen molar-refractivity contribution in [2.75, 3.05) is 13.1 Å². The van der Waals surface area contributed by atoms with Gasteiger partial charge in [0, 0.05) is 31.5 Å². The van der Waals surface area contributed by atoms with Crippen molar-refractivity contribution in [3.05, 3.63) is 48.0 Å². The zero-order valence-electron chi connectivity index (χ0n) is 14.2. The number of ketones is 1. The first-order chi connectivity index (χ1) is 11.5. The molecule has 2 aromatic rings. The van der Waals surface area contributed by atoms with Gasteiger partial charge in [0.25, 0.3) is 0 Å². The number of Topliss-reactive ketones (excluding diaryl/α,β-unsaturated/α-hetero) is 1. The number of fused-ring (bicyclic) bond motifs is 1. The van der Waals surface area contributed by atoms with E-state index >= 15 is 0 Å². The lowest BCUT2D eigenvalue weighted by molar-refractivity contribution is -0.143. The summed E-state index contributed by atoms with van der Waals surface area (Å²) >= 11 is 0. The second-order valence-corrected chi connectivity index (χ2v) is 6.54. The van der Waals surface area contributed by atoms with Crippen LogP contribution in [0.4, 0.5) is 0 Å². The second kappa shape index (κ2) is 7.14. The number of carbonyl (C=O) groups is 2. The molecule has 1 heterocycles. The Morgan fingerprint density at radius 1 is 1.00 bits per heavy atom. The largest absolute Gasteiger partial charge is 0.372 e. The van der Waals surface area contributed by atoms with Crippen molar-refractivity contribution in [1.29, 1.82) is 0 Å². The zero-order chi connectivity index (χ0) is 17.1. The van der Waals surface area contributed by atoms with Gasteiger partial charge < -0.3 is 9.64 Å². The lowest BCUT2D eigenvalue weighted by Crippen LogP contribution is -2.48. The van der Waals surface area contributed by atoms with Gasteiger partial charge in [0.15, 0.2) is 5.78 Å². The lowest BCUT2D eigenvalue weighted by atomic mass is 10.0. The van der Waals surface area contributed by atoms with Crippen molar-refractivity contribution in [1.82, 2.24) is 4.90 Å². The van der Waals surface area contributed by atoms with Crippen LogP contribution in [0.3, 0.4) is 0 Å². The molecule has 0 radical (unpaired) electrons. The number of rotatable bonds is 4. The Morgan fingerprint density at radius 3 is 2.38 bits per heavy atom. The summed E-state index contributed by atoms with van der Waals surface area (Å²) in [5.41, 5.74) is 0.671. The van der Waals surface area contributed by atoms with Gasteiger partial charge >= 0.3 is 0 Å². The monoisotopic (exact) mass is 325 g/mol. The summed E-state index contributed by atoms with van der Waals surface area (Å²) in [5, 5.41) is 2.16. The van der Waals surface area contributed by atoms with Crippen molar-refractivity contribution >= 4 is 22.5 Å². The molecule has 0 N–H and O–H groups in total. The van der Waals surface area contributed by atoms with Gasteiger partial charge in [0.1, 0.15) is 0 Å². The Labute approximate surface area is 142 Å². The van der Waals surface area contributed by atoms with Crippen LogP contribution < -0.4 is 0 Å². The maximum Gasteiger partial charge on any atom is 0.223 e. The molecule has 1 amide bonds. The molecule has 1 aliphatic heterocycles. The normalized spacial score (nSPS) is 21.0. The third kappa shape index (κ3) is 3.82. The third-order valence-electron chi connectivity index (χ3n) is 4.41. The molecule has 0 saturated carbocycles. The van der Waals surface area contributed by atoms with Crippen LogP contribution in [0.15, 0.2) is 42.5 Å². The molecule has 2 aromatic carbocycles. The third-order valence-corrected chi connectivity index (χ3v) is 4.41. The molecule has 4 heteroatoms. The number of nitrogens with zero attached hydrogens (tertiary/aromatic N) is 1. The molecule has 126 valence electrons. The summed E-state index contributed by atoms with van der Waals surface area (Å²) in [4.78, 5) is 26.6. The Morgan fingerprint density at radius 2 is 1.67 bits per heavy atom. The zero-order valence-corrected chi connectivity index (χ0v) is 14.2. The summed E-state index contributed by atoms with van der Waals surface area (Å²) < 4.78 is 5.64. The average molecular weight is 325 g/mol. The molecule has 1 aliphatic rings. The van der Waals surface area contributed by atoms with Gasteiger partial charge in [-0.15, -0.1) is 0 Å². The molecule has 24 heavy (non-hydrogen) atoms. The number of hydrogen-bond acceptors (Lipinski definition) is 3. The van der Waals surface area contributed by atoms with E-state index in [1.54, 1.807) is 0 Å². The predicted octanol–water partition coefficient (Wildman–Crippen LogP) is 3.44. The van der Waals surface area contributed by atoms with Crippen molar-refractivity contribution in [2.24, 2.45) is 0 Å². The summed E-state index contributed by atoms with van der Waals surface area (Å²) in [5.74, 6) is 0.0506. The number of ether oxygens (including phenoxy) is 1. The topological polar surface area (TPSA) is 46.6 Å². The SMILES string of the molecule is C[C@@H]1CN(C(=O)CCC(=O)c2ccc3ccccc3c2)C[C@@H](C)O1. The first kappa shape index (κ1) is 16.7. The van der Waals surface area contributed by atoms with Crippen molar-refractivity contribution in [2.45, 2.75) is 38.9 Å². The van der Waals surface area contributed by atoms with Gasteiger partial charge in [-0.2, -0.15) is 0 Å². The minimum atomic E-state index is 0.0171. The van der Waals surface area contributed by atoms with Crippen molar-refractivity contribution in [3.63, 3.8) is 0 Å². The number of carbonyl (C=O) groups excluding carboxylic acids is 2. The van der Waals surface area contributed by atoms with Gasteiger partial charge in [-0.1, -0.05) is 36.4 Å². The Balaban J connectivity index is 1.60. The molecular weight excluding hydrogens is 302 g/mol. The maximum atomic E-state index is 12.4. The molecule has 3 rings (SSSR count). The van der Waals surface area contributed by atoms with E-state index in [1.165, 1.54) is 0 Å². The number of hydrogen-bond donors (Lipinski definition) is 0. The molecule has 0 bridgehead atoms. The van der Waals surface area contributed by atoms with Gasteiger partial charge in [0.2, 0.25) is 5.91 Å². The number of morpholine rings is 1. The van der Waals surface area contributed by atoms with Gasteiger partial charge in [-0.25, -0.2) is 0 Å². The fourth-order valence-corrected chi connectivity index (χ4v) is 3.27. The van der Waals surface area contributed by atoms with E-state index < -0.39 is 0 Å². The highest BCUT2D eigenvalue weighted by atomic mass is 16.5. The highest BCUT2D eigenvalue weighted by molar-refractivity contribution is 6.01. The minimum absolute atomic E-state index is 0.0171. The molecule has 0 spiro atoms. The number of benzene rings is 2. The molecule has 4 nitrogen and oxygen atoms in total.